The maximum atomic E-state index is 10.6. The number of hydrogen-bond donors (Lipinski definition) is 4. The van der Waals surface area contributed by atoms with Gasteiger partial charge in [-0.05, 0) is 25.7 Å². The van der Waals surface area contributed by atoms with Crippen LogP contribution in [0.25, 0.3) is 0 Å². The lowest BCUT2D eigenvalue weighted by Gasteiger charge is -2.40. The summed E-state index contributed by atoms with van der Waals surface area (Å²) in [6, 6.07) is 0. The summed E-state index contributed by atoms with van der Waals surface area (Å²) in [5.41, 5.74) is 0. The van der Waals surface area contributed by atoms with Crippen LogP contribution in [0.4, 0.5) is 0 Å². The van der Waals surface area contributed by atoms with Gasteiger partial charge in [0.1, 0.15) is 36.6 Å². The quantitative estimate of drug-likeness (QED) is 0.0583. The minimum atomic E-state index is -1.52. The summed E-state index contributed by atoms with van der Waals surface area (Å²) in [4.78, 5) is 0. The van der Waals surface area contributed by atoms with Crippen molar-refractivity contribution < 1.29 is 58.3 Å². The maximum absolute atomic E-state index is 10.6. The number of aliphatic hydroxyl groups excluding tert-OH is 4. The van der Waals surface area contributed by atoms with Gasteiger partial charge in [-0.25, -0.2) is 0 Å². The third-order valence-electron chi connectivity index (χ3n) is 9.26. The molecule has 1 heterocycles. The highest BCUT2D eigenvalue weighted by Gasteiger charge is 2.44. The van der Waals surface area contributed by atoms with Crippen molar-refractivity contribution in [3.8, 4) is 0 Å². The molecule has 12 nitrogen and oxygen atoms in total. The standard InChI is InChI=1S/C40H80O12/c1-5-9-13-17-21-45-29-34(30-46-22-18-14-10-6-2)49-26-33(28-51-40-39(44)38(43)37(42)36(25-41)52-40)27-50-35(31-47-23-19-15-11-7-3)32-48-24-20-16-12-8-4/h33-44H,5-32H2,1-4H3/t36-,37+,38+,39-,40-/m1/s1. The van der Waals surface area contributed by atoms with Gasteiger partial charge in [0.2, 0.25) is 0 Å². The third kappa shape index (κ3) is 24.8. The molecule has 52 heavy (non-hydrogen) atoms. The van der Waals surface area contributed by atoms with Gasteiger partial charge in [-0.2, -0.15) is 0 Å². The molecule has 1 fully saturated rings. The fourth-order valence-electron chi connectivity index (χ4n) is 5.80. The molecule has 0 aromatic rings. The molecule has 1 saturated heterocycles. The predicted octanol–water partition coefficient (Wildman–Crippen LogP) is 5.58. The summed E-state index contributed by atoms with van der Waals surface area (Å²) in [6.07, 6.45) is 10.6. The molecule has 312 valence electrons. The van der Waals surface area contributed by atoms with Crippen LogP contribution in [0, 0.1) is 5.92 Å². The van der Waals surface area contributed by atoms with Crippen LogP contribution >= 0.6 is 0 Å². The van der Waals surface area contributed by atoms with Crippen molar-refractivity contribution in [2.45, 2.75) is 173 Å². The molecule has 1 rings (SSSR count). The van der Waals surface area contributed by atoms with Crippen LogP contribution < -0.4 is 0 Å². The molecule has 0 radical (unpaired) electrons. The Labute approximate surface area is 316 Å². The van der Waals surface area contributed by atoms with Crippen molar-refractivity contribution in [3.05, 3.63) is 0 Å². The average molecular weight is 753 g/mol. The maximum Gasteiger partial charge on any atom is 0.186 e. The van der Waals surface area contributed by atoms with Gasteiger partial charge in [0, 0.05) is 32.3 Å². The van der Waals surface area contributed by atoms with E-state index in [1.165, 1.54) is 51.4 Å². The molecular weight excluding hydrogens is 672 g/mol. The SMILES string of the molecule is CCCCCCOCC(COCCCCCC)OCC(COC(COCCCCCC)COCCCCCC)CO[C@@H]1O[C@H](CO)[C@H](O)[C@H](O)[C@H]1O. The molecule has 0 aliphatic carbocycles. The highest BCUT2D eigenvalue weighted by atomic mass is 16.7. The fourth-order valence-corrected chi connectivity index (χ4v) is 5.80. The molecule has 1 aliphatic heterocycles. The summed E-state index contributed by atoms with van der Waals surface area (Å²) in [5.74, 6) is -0.305. The van der Waals surface area contributed by atoms with Crippen molar-refractivity contribution in [1.82, 2.24) is 0 Å². The largest absolute Gasteiger partial charge is 0.394 e. The lowest BCUT2D eigenvalue weighted by Crippen LogP contribution is -2.59. The first-order valence-corrected chi connectivity index (χ1v) is 20.9. The first kappa shape index (κ1) is 49.5. The summed E-state index contributed by atoms with van der Waals surface area (Å²) < 4.78 is 48.5. The number of aliphatic hydroxyl groups is 4. The Morgan fingerprint density at radius 3 is 1.19 bits per heavy atom. The van der Waals surface area contributed by atoms with E-state index in [0.717, 1.165) is 51.4 Å². The van der Waals surface area contributed by atoms with E-state index in [2.05, 4.69) is 27.7 Å². The lowest BCUT2D eigenvalue weighted by atomic mass is 9.99. The van der Waals surface area contributed by atoms with Gasteiger partial charge in [-0.1, -0.05) is 105 Å². The Bertz CT molecular complexity index is 675. The first-order chi connectivity index (χ1) is 25.4. The minimum Gasteiger partial charge on any atom is -0.394 e. The Morgan fingerprint density at radius 2 is 0.846 bits per heavy atom. The van der Waals surface area contributed by atoms with Gasteiger partial charge >= 0.3 is 0 Å². The zero-order valence-electron chi connectivity index (χ0n) is 33.5. The second-order valence-electron chi connectivity index (χ2n) is 14.3. The smallest absolute Gasteiger partial charge is 0.186 e. The van der Waals surface area contributed by atoms with Crippen LogP contribution in [-0.2, 0) is 37.9 Å². The number of ether oxygens (including phenoxy) is 8. The van der Waals surface area contributed by atoms with E-state index < -0.39 is 37.3 Å². The summed E-state index contributed by atoms with van der Waals surface area (Å²) in [6.45, 7) is 13.1. The first-order valence-electron chi connectivity index (χ1n) is 20.9. The van der Waals surface area contributed by atoms with Crippen LogP contribution in [0.1, 0.15) is 130 Å². The Hall–Kier alpha value is -0.480. The van der Waals surface area contributed by atoms with Gasteiger partial charge < -0.3 is 58.3 Å². The molecule has 4 N–H and O–H groups in total. The van der Waals surface area contributed by atoms with E-state index in [9.17, 15) is 20.4 Å². The molecule has 0 aromatic heterocycles. The highest BCUT2D eigenvalue weighted by Crippen LogP contribution is 2.23. The van der Waals surface area contributed by atoms with E-state index in [1.807, 2.05) is 0 Å². The molecule has 0 amide bonds. The van der Waals surface area contributed by atoms with E-state index in [0.29, 0.717) is 52.9 Å². The van der Waals surface area contributed by atoms with Crippen LogP contribution in [-0.4, -0.2) is 143 Å². The van der Waals surface area contributed by atoms with Gasteiger partial charge in [0.25, 0.3) is 0 Å². The van der Waals surface area contributed by atoms with Crippen LogP contribution in [0.3, 0.4) is 0 Å². The van der Waals surface area contributed by atoms with Gasteiger partial charge in [-0.15, -0.1) is 0 Å². The molecule has 0 spiro atoms. The van der Waals surface area contributed by atoms with E-state index in [-0.39, 0.29) is 37.9 Å². The second-order valence-corrected chi connectivity index (χ2v) is 14.3. The molecule has 0 bridgehead atoms. The van der Waals surface area contributed by atoms with Gasteiger partial charge in [0.15, 0.2) is 6.29 Å². The number of hydrogen-bond acceptors (Lipinski definition) is 12. The third-order valence-corrected chi connectivity index (χ3v) is 9.26. The molecule has 1 aliphatic rings. The Morgan fingerprint density at radius 1 is 0.462 bits per heavy atom. The summed E-state index contributed by atoms with van der Waals surface area (Å²) in [7, 11) is 0. The molecule has 0 aromatic carbocycles. The van der Waals surface area contributed by atoms with Crippen LogP contribution in [0.5, 0.6) is 0 Å². The van der Waals surface area contributed by atoms with E-state index in [1.54, 1.807) is 0 Å². The van der Waals surface area contributed by atoms with Crippen molar-refractivity contribution >= 4 is 0 Å². The van der Waals surface area contributed by atoms with Crippen molar-refractivity contribution in [3.63, 3.8) is 0 Å². The Kier molecular flexibility index (Phi) is 33.3. The minimum absolute atomic E-state index is 0.0631. The molecule has 0 unspecified atom stereocenters. The van der Waals surface area contributed by atoms with Gasteiger partial charge in [0.05, 0.1) is 52.9 Å². The molecular formula is C40H80O12. The number of rotatable bonds is 38. The topological polar surface area (TPSA) is 155 Å². The summed E-state index contributed by atoms with van der Waals surface area (Å²) in [5, 5.41) is 40.8. The average Bonchev–Trinajstić information content (AvgIpc) is 3.15. The van der Waals surface area contributed by atoms with E-state index in [4.69, 9.17) is 37.9 Å². The van der Waals surface area contributed by atoms with Gasteiger partial charge in [-0.3, -0.25) is 0 Å². The zero-order chi connectivity index (χ0) is 38.1. The normalized spacial score (nSPS) is 20.9. The highest BCUT2D eigenvalue weighted by molar-refractivity contribution is 4.89. The monoisotopic (exact) mass is 753 g/mol. The Balaban J connectivity index is 2.94. The fraction of sp³-hybridized carbons (Fsp3) is 1.00. The zero-order valence-corrected chi connectivity index (χ0v) is 33.5. The molecule has 0 saturated carbocycles. The van der Waals surface area contributed by atoms with E-state index >= 15 is 0 Å². The van der Waals surface area contributed by atoms with Crippen LogP contribution in [0.2, 0.25) is 0 Å². The van der Waals surface area contributed by atoms with Crippen LogP contribution in [0.15, 0.2) is 0 Å². The van der Waals surface area contributed by atoms with Crippen molar-refractivity contribution in [2.75, 3.05) is 79.3 Å². The summed E-state index contributed by atoms with van der Waals surface area (Å²) >= 11 is 0. The predicted molar refractivity (Wildman–Crippen MR) is 203 cm³/mol. The molecule has 5 atom stereocenters. The van der Waals surface area contributed by atoms with Crippen molar-refractivity contribution in [1.29, 1.82) is 0 Å². The lowest BCUT2D eigenvalue weighted by molar-refractivity contribution is -0.304. The molecule has 12 heteroatoms. The second kappa shape index (κ2) is 35.0. The number of unbranched alkanes of at least 4 members (excludes halogenated alkanes) is 12. The van der Waals surface area contributed by atoms with Crippen molar-refractivity contribution in [2.24, 2.45) is 5.92 Å².